The molecule has 212 valence electrons. The summed E-state index contributed by atoms with van der Waals surface area (Å²) in [6.07, 6.45) is 8.17. The van der Waals surface area contributed by atoms with Gasteiger partial charge in [-0.05, 0) is 106 Å². The molecule has 3 saturated heterocycles. The van der Waals surface area contributed by atoms with Crippen LogP contribution in [-0.4, -0.2) is 57.0 Å². The first kappa shape index (κ1) is 26.3. The van der Waals surface area contributed by atoms with E-state index in [1.807, 2.05) is 29.2 Å². The minimum absolute atomic E-state index is 0.104. The fourth-order valence-electron chi connectivity index (χ4n) is 8.21. The normalized spacial score (nSPS) is 24.1. The fraction of sp³-hybridized carbons (Fsp3) is 0.429. The molecule has 1 aromatic heterocycles. The molecule has 7 rings (SSSR count). The Morgan fingerprint density at radius 3 is 2.24 bits per heavy atom. The van der Waals surface area contributed by atoms with Crippen molar-refractivity contribution in [2.75, 3.05) is 25.4 Å². The molecule has 0 saturated carbocycles. The van der Waals surface area contributed by atoms with Crippen molar-refractivity contribution in [2.24, 2.45) is 0 Å². The van der Waals surface area contributed by atoms with E-state index in [1.54, 1.807) is 0 Å². The number of carbonyl (C=O) groups excluding carboxylic acids is 1. The van der Waals surface area contributed by atoms with Crippen molar-refractivity contribution in [1.82, 2.24) is 19.4 Å². The minimum atomic E-state index is 0.104. The first-order valence-electron chi connectivity index (χ1n) is 15.4. The lowest BCUT2D eigenvalue weighted by atomic mass is 9.70. The average Bonchev–Trinajstić information content (AvgIpc) is 3.47. The van der Waals surface area contributed by atoms with Crippen molar-refractivity contribution >= 4 is 22.6 Å². The van der Waals surface area contributed by atoms with E-state index in [4.69, 9.17) is 10.7 Å². The zero-order valence-corrected chi connectivity index (χ0v) is 24.1. The first-order valence-corrected chi connectivity index (χ1v) is 15.4. The van der Waals surface area contributed by atoms with Crippen LogP contribution in [0.2, 0.25) is 0 Å². The Balaban J connectivity index is 1.06. The lowest BCUT2D eigenvalue weighted by molar-refractivity contribution is 0.0607. The van der Waals surface area contributed by atoms with E-state index < -0.39 is 0 Å². The van der Waals surface area contributed by atoms with Gasteiger partial charge >= 0.3 is 0 Å². The number of nitrogens with two attached hydrogens (primary N) is 1. The van der Waals surface area contributed by atoms with E-state index in [1.165, 1.54) is 36.8 Å². The van der Waals surface area contributed by atoms with Crippen LogP contribution >= 0.6 is 0 Å². The third kappa shape index (κ3) is 4.82. The van der Waals surface area contributed by atoms with Crippen LogP contribution in [0.3, 0.4) is 0 Å². The number of para-hydroxylation sites is 2. The van der Waals surface area contributed by atoms with Gasteiger partial charge in [-0.1, -0.05) is 42.5 Å². The summed E-state index contributed by atoms with van der Waals surface area (Å²) in [4.78, 5) is 23.0. The van der Waals surface area contributed by atoms with Gasteiger partial charge in [0.15, 0.2) is 0 Å². The van der Waals surface area contributed by atoms with E-state index in [0.29, 0.717) is 23.8 Å². The number of amides is 1. The van der Waals surface area contributed by atoms with Gasteiger partial charge in [-0.3, -0.25) is 9.69 Å². The van der Waals surface area contributed by atoms with Crippen LogP contribution in [0.25, 0.3) is 11.0 Å². The van der Waals surface area contributed by atoms with Gasteiger partial charge in [0, 0.05) is 42.5 Å². The second-order valence-corrected chi connectivity index (χ2v) is 12.6. The summed E-state index contributed by atoms with van der Waals surface area (Å²) >= 11 is 0. The molecular formula is C35H41N5O. The number of piperidine rings is 2. The molecular weight excluding hydrogens is 506 g/mol. The van der Waals surface area contributed by atoms with Gasteiger partial charge in [-0.25, -0.2) is 4.98 Å². The predicted octanol–water partition coefficient (Wildman–Crippen LogP) is 6.36. The van der Waals surface area contributed by atoms with Crippen molar-refractivity contribution in [1.29, 1.82) is 0 Å². The highest BCUT2D eigenvalue weighted by atomic mass is 16.2. The molecule has 1 unspecified atom stereocenters. The monoisotopic (exact) mass is 547 g/mol. The summed E-state index contributed by atoms with van der Waals surface area (Å²) in [6.45, 7) is 4.88. The quantitative estimate of drug-likeness (QED) is 0.285. The highest BCUT2D eigenvalue weighted by Crippen LogP contribution is 2.45. The molecule has 4 aromatic rings. The maximum Gasteiger partial charge on any atom is 0.253 e. The second kappa shape index (κ2) is 10.6. The van der Waals surface area contributed by atoms with Crippen LogP contribution in [0.5, 0.6) is 0 Å². The highest BCUT2D eigenvalue weighted by molar-refractivity contribution is 5.94. The summed E-state index contributed by atoms with van der Waals surface area (Å²) < 4.78 is 2.53. The van der Waals surface area contributed by atoms with Crippen molar-refractivity contribution in [3.63, 3.8) is 0 Å². The fourth-order valence-corrected chi connectivity index (χ4v) is 8.21. The summed E-state index contributed by atoms with van der Waals surface area (Å²) in [5.74, 6) is 1.27. The first-order chi connectivity index (χ1) is 20.0. The maximum absolute atomic E-state index is 13.3. The number of hydrogen-bond acceptors (Lipinski definition) is 4. The van der Waals surface area contributed by atoms with Crippen molar-refractivity contribution in [3.05, 3.63) is 95.8 Å². The van der Waals surface area contributed by atoms with Crippen LogP contribution in [0.1, 0.15) is 72.7 Å². The summed E-state index contributed by atoms with van der Waals surface area (Å²) in [5.41, 5.74) is 11.2. The molecule has 4 heterocycles. The van der Waals surface area contributed by atoms with Crippen LogP contribution < -0.4 is 5.73 Å². The number of aryl methyl sites for hydroxylation is 1. The number of carbonyl (C=O) groups is 1. The maximum atomic E-state index is 13.3. The number of rotatable bonds is 6. The molecule has 3 aliphatic rings. The standard InChI is InChI=1S/C35H41N5O/c1-25-37-32-9-5-6-10-33(32)40(25)31-23-29-15-16-30(24-31)39(29)22-19-35(27-7-3-2-4-8-27)17-20-38(21-18-35)34(41)26-11-13-28(36)14-12-26/h2-14,29-31H,15-24,36H2,1H3/t29-,30+,31?. The SMILES string of the molecule is Cc1nc2ccccc2n1C1C[C@H]2CC[C@@H](C1)N2CCC1(c2ccccc2)CCN(C(=O)c2ccc(N)cc2)CC1. The summed E-state index contributed by atoms with van der Waals surface area (Å²) in [6, 6.07) is 28.8. The number of anilines is 1. The number of imidazole rings is 1. The Bertz CT molecular complexity index is 1510. The van der Waals surface area contributed by atoms with Gasteiger partial charge < -0.3 is 15.2 Å². The van der Waals surface area contributed by atoms with E-state index in [9.17, 15) is 4.79 Å². The number of nitrogens with zero attached hydrogens (tertiary/aromatic N) is 4. The molecule has 1 amide bonds. The molecule has 3 aromatic carbocycles. The van der Waals surface area contributed by atoms with Gasteiger partial charge in [0.2, 0.25) is 0 Å². The van der Waals surface area contributed by atoms with Crippen LogP contribution in [0.4, 0.5) is 5.69 Å². The van der Waals surface area contributed by atoms with Crippen molar-refractivity contribution in [2.45, 2.75) is 75.4 Å². The lowest BCUT2D eigenvalue weighted by Gasteiger charge is -2.45. The largest absolute Gasteiger partial charge is 0.399 e. The molecule has 6 nitrogen and oxygen atoms in total. The summed E-state index contributed by atoms with van der Waals surface area (Å²) in [5, 5.41) is 0. The van der Waals surface area contributed by atoms with Gasteiger partial charge in [-0.15, -0.1) is 0 Å². The smallest absolute Gasteiger partial charge is 0.253 e. The lowest BCUT2D eigenvalue weighted by Crippen LogP contribution is -2.49. The van der Waals surface area contributed by atoms with Crippen molar-refractivity contribution < 1.29 is 4.79 Å². The molecule has 6 heteroatoms. The number of hydrogen-bond donors (Lipinski definition) is 1. The Hall–Kier alpha value is -3.64. The van der Waals surface area contributed by atoms with Crippen LogP contribution in [0, 0.1) is 6.92 Å². The number of nitrogen functional groups attached to an aromatic ring is 1. The topological polar surface area (TPSA) is 67.4 Å². The highest BCUT2D eigenvalue weighted by Gasteiger charge is 2.44. The van der Waals surface area contributed by atoms with E-state index in [-0.39, 0.29) is 11.3 Å². The van der Waals surface area contributed by atoms with Gasteiger partial charge in [-0.2, -0.15) is 0 Å². The molecule has 2 N–H and O–H groups in total. The summed E-state index contributed by atoms with van der Waals surface area (Å²) in [7, 11) is 0. The van der Waals surface area contributed by atoms with Crippen molar-refractivity contribution in [3.8, 4) is 0 Å². The Morgan fingerprint density at radius 2 is 1.54 bits per heavy atom. The third-order valence-corrected chi connectivity index (χ3v) is 10.4. The number of fused-ring (bicyclic) bond motifs is 3. The zero-order valence-electron chi connectivity index (χ0n) is 24.1. The zero-order chi connectivity index (χ0) is 28.0. The molecule has 3 atom stereocenters. The van der Waals surface area contributed by atoms with E-state index >= 15 is 0 Å². The van der Waals surface area contributed by atoms with E-state index in [0.717, 1.165) is 55.8 Å². The van der Waals surface area contributed by atoms with Gasteiger partial charge in [0.1, 0.15) is 5.82 Å². The number of likely N-dealkylation sites (tertiary alicyclic amines) is 1. The van der Waals surface area contributed by atoms with Gasteiger partial charge in [0.05, 0.1) is 11.0 Å². The molecule has 3 fully saturated rings. The molecule has 0 aliphatic carbocycles. The Kier molecular flexibility index (Phi) is 6.82. The third-order valence-electron chi connectivity index (χ3n) is 10.4. The molecule has 41 heavy (non-hydrogen) atoms. The molecule has 0 radical (unpaired) electrons. The number of aromatic nitrogens is 2. The Labute approximate surface area is 243 Å². The molecule has 3 aliphatic heterocycles. The van der Waals surface area contributed by atoms with Gasteiger partial charge in [0.25, 0.3) is 5.91 Å². The number of benzene rings is 3. The molecule has 0 spiro atoms. The Morgan fingerprint density at radius 1 is 0.878 bits per heavy atom. The van der Waals surface area contributed by atoms with Crippen LogP contribution in [-0.2, 0) is 5.41 Å². The minimum Gasteiger partial charge on any atom is -0.399 e. The second-order valence-electron chi connectivity index (χ2n) is 12.6. The van der Waals surface area contributed by atoms with E-state index in [2.05, 4.69) is 71.0 Å². The predicted molar refractivity (Wildman–Crippen MR) is 165 cm³/mol. The average molecular weight is 548 g/mol. The van der Waals surface area contributed by atoms with Crippen LogP contribution in [0.15, 0.2) is 78.9 Å². The molecule has 2 bridgehead atoms.